The fourth-order valence-electron chi connectivity index (χ4n) is 1.88. The summed E-state index contributed by atoms with van der Waals surface area (Å²) < 4.78 is 0. The molecule has 2 heteroatoms. The highest BCUT2D eigenvalue weighted by molar-refractivity contribution is 5.85. The van der Waals surface area contributed by atoms with Crippen LogP contribution in [0.3, 0.4) is 0 Å². The number of hydrogen-bond donors (Lipinski definition) is 1. The van der Waals surface area contributed by atoms with E-state index >= 15 is 0 Å². The van der Waals surface area contributed by atoms with E-state index in [2.05, 4.69) is 37.3 Å². The van der Waals surface area contributed by atoms with Crippen molar-refractivity contribution in [2.45, 2.75) is 25.8 Å². The number of hydrogen-bond acceptors (Lipinski definition) is 1. The summed E-state index contributed by atoms with van der Waals surface area (Å²) in [6.45, 7) is 2.21. The molecule has 2 rings (SSSR count). The Labute approximate surface area is 97.8 Å². The van der Waals surface area contributed by atoms with E-state index < -0.39 is 0 Å². The van der Waals surface area contributed by atoms with E-state index in [0.29, 0.717) is 12.0 Å². The summed E-state index contributed by atoms with van der Waals surface area (Å²) in [4.78, 5) is 0. The van der Waals surface area contributed by atoms with Gasteiger partial charge in [-0.1, -0.05) is 48.9 Å². The molecule has 0 radical (unpaired) electrons. The van der Waals surface area contributed by atoms with Gasteiger partial charge in [-0.3, -0.25) is 0 Å². The third kappa shape index (κ3) is 3.08. The fraction of sp³-hybridized carbons (Fsp3) is 0.385. The Kier molecular flexibility index (Phi) is 4.37. The summed E-state index contributed by atoms with van der Waals surface area (Å²) >= 11 is 0. The molecular weight excluding hydrogens is 206 g/mol. The highest BCUT2D eigenvalue weighted by atomic mass is 35.5. The standard InChI is InChI=1S/C13H17N.ClH/c1-2-11(12-9-13(12)14)8-10-6-4-3-5-7-10;/h3-8,12-13H,2,9,14H2,1H3;1H/t12-,13+;/m0./s1. The van der Waals surface area contributed by atoms with Crippen LogP contribution >= 0.6 is 12.4 Å². The summed E-state index contributed by atoms with van der Waals surface area (Å²) in [5.74, 6) is 0.653. The van der Waals surface area contributed by atoms with Crippen LogP contribution in [-0.4, -0.2) is 6.04 Å². The molecule has 0 saturated heterocycles. The van der Waals surface area contributed by atoms with Crippen LogP contribution in [0.1, 0.15) is 25.3 Å². The SMILES string of the molecule is CCC(=Cc1ccccc1)[C@@H]1C[C@H]1N.Cl. The minimum absolute atomic E-state index is 0. The minimum atomic E-state index is 0. The Hall–Kier alpha value is -0.790. The van der Waals surface area contributed by atoms with Gasteiger partial charge in [-0.25, -0.2) is 0 Å². The van der Waals surface area contributed by atoms with Crippen molar-refractivity contribution in [2.75, 3.05) is 0 Å². The van der Waals surface area contributed by atoms with Gasteiger partial charge < -0.3 is 5.73 Å². The molecular formula is C13H18ClN. The van der Waals surface area contributed by atoms with Crippen LogP contribution in [0.5, 0.6) is 0 Å². The lowest BCUT2D eigenvalue weighted by molar-refractivity contribution is 0.870. The molecule has 0 heterocycles. The molecule has 2 N–H and O–H groups in total. The molecule has 0 unspecified atom stereocenters. The van der Waals surface area contributed by atoms with Gasteiger partial charge in [0.05, 0.1) is 0 Å². The van der Waals surface area contributed by atoms with Crippen LogP contribution in [0.2, 0.25) is 0 Å². The summed E-state index contributed by atoms with van der Waals surface area (Å²) in [5.41, 5.74) is 8.65. The van der Waals surface area contributed by atoms with Gasteiger partial charge in [0.2, 0.25) is 0 Å². The largest absolute Gasteiger partial charge is 0.327 e. The van der Waals surface area contributed by atoms with Crippen LogP contribution in [0.4, 0.5) is 0 Å². The minimum Gasteiger partial charge on any atom is -0.327 e. The normalized spacial score (nSPS) is 24.5. The van der Waals surface area contributed by atoms with Gasteiger partial charge in [0, 0.05) is 6.04 Å². The first-order chi connectivity index (χ1) is 6.81. The van der Waals surface area contributed by atoms with E-state index in [4.69, 9.17) is 5.73 Å². The lowest BCUT2D eigenvalue weighted by Gasteiger charge is -2.02. The summed E-state index contributed by atoms with van der Waals surface area (Å²) in [7, 11) is 0. The second-order valence-electron chi connectivity index (χ2n) is 3.99. The van der Waals surface area contributed by atoms with E-state index in [0.717, 1.165) is 6.42 Å². The Bertz CT molecular complexity index is 332. The van der Waals surface area contributed by atoms with Crippen LogP contribution < -0.4 is 5.73 Å². The number of rotatable bonds is 3. The van der Waals surface area contributed by atoms with Crippen LogP contribution in [0.25, 0.3) is 6.08 Å². The molecule has 1 aromatic rings. The van der Waals surface area contributed by atoms with Crippen molar-refractivity contribution >= 4 is 18.5 Å². The first-order valence-electron chi connectivity index (χ1n) is 5.32. The van der Waals surface area contributed by atoms with Gasteiger partial charge in [-0.05, 0) is 24.3 Å². The van der Waals surface area contributed by atoms with Crippen molar-refractivity contribution in [2.24, 2.45) is 11.7 Å². The molecule has 0 bridgehead atoms. The topological polar surface area (TPSA) is 26.0 Å². The van der Waals surface area contributed by atoms with Crippen LogP contribution in [0, 0.1) is 5.92 Å². The van der Waals surface area contributed by atoms with E-state index in [1.54, 1.807) is 0 Å². The van der Waals surface area contributed by atoms with Crippen molar-refractivity contribution < 1.29 is 0 Å². The lowest BCUT2D eigenvalue weighted by Crippen LogP contribution is -2.03. The summed E-state index contributed by atoms with van der Waals surface area (Å²) in [6, 6.07) is 10.9. The third-order valence-electron chi connectivity index (χ3n) is 2.88. The fourth-order valence-corrected chi connectivity index (χ4v) is 1.88. The van der Waals surface area contributed by atoms with E-state index in [1.165, 1.54) is 17.6 Å². The maximum absolute atomic E-state index is 5.86. The Morgan fingerprint density at radius 3 is 2.47 bits per heavy atom. The monoisotopic (exact) mass is 223 g/mol. The number of nitrogens with two attached hydrogens (primary N) is 1. The van der Waals surface area contributed by atoms with E-state index in [-0.39, 0.29) is 12.4 Å². The molecule has 1 aliphatic carbocycles. The van der Waals surface area contributed by atoms with Crippen molar-refractivity contribution in [1.82, 2.24) is 0 Å². The van der Waals surface area contributed by atoms with Gasteiger partial charge >= 0.3 is 0 Å². The smallest absolute Gasteiger partial charge is 0.0112 e. The molecule has 0 spiro atoms. The van der Waals surface area contributed by atoms with E-state index in [9.17, 15) is 0 Å². The zero-order chi connectivity index (χ0) is 9.97. The van der Waals surface area contributed by atoms with Crippen LogP contribution in [0.15, 0.2) is 35.9 Å². The third-order valence-corrected chi connectivity index (χ3v) is 2.88. The molecule has 0 amide bonds. The average molecular weight is 224 g/mol. The maximum atomic E-state index is 5.86. The molecule has 1 saturated carbocycles. The van der Waals surface area contributed by atoms with Gasteiger partial charge in [0.15, 0.2) is 0 Å². The average Bonchev–Trinajstić information content (AvgIpc) is 2.93. The first-order valence-corrected chi connectivity index (χ1v) is 5.32. The molecule has 15 heavy (non-hydrogen) atoms. The van der Waals surface area contributed by atoms with Crippen molar-refractivity contribution in [3.05, 3.63) is 41.5 Å². The zero-order valence-electron chi connectivity index (χ0n) is 9.02. The summed E-state index contributed by atoms with van der Waals surface area (Å²) in [6.07, 6.45) is 4.58. The Morgan fingerprint density at radius 1 is 1.40 bits per heavy atom. The molecule has 1 aromatic carbocycles. The molecule has 1 aliphatic rings. The molecule has 1 fully saturated rings. The molecule has 0 aromatic heterocycles. The molecule has 2 atom stereocenters. The Balaban J connectivity index is 0.00000112. The second kappa shape index (κ2) is 5.34. The van der Waals surface area contributed by atoms with Gasteiger partial charge in [0.25, 0.3) is 0 Å². The van der Waals surface area contributed by atoms with Gasteiger partial charge in [0.1, 0.15) is 0 Å². The highest BCUT2D eigenvalue weighted by Gasteiger charge is 2.35. The summed E-state index contributed by atoms with van der Waals surface area (Å²) in [5, 5.41) is 0. The molecule has 82 valence electrons. The second-order valence-corrected chi connectivity index (χ2v) is 3.99. The number of halogens is 1. The van der Waals surface area contributed by atoms with Crippen molar-refractivity contribution in [3.8, 4) is 0 Å². The molecule has 1 nitrogen and oxygen atoms in total. The molecule has 0 aliphatic heterocycles. The predicted molar refractivity (Wildman–Crippen MR) is 68.0 cm³/mol. The highest BCUT2D eigenvalue weighted by Crippen LogP contribution is 2.37. The van der Waals surface area contributed by atoms with Crippen LogP contribution in [-0.2, 0) is 0 Å². The zero-order valence-corrected chi connectivity index (χ0v) is 9.84. The maximum Gasteiger partial charge on any atom is 0.0112 e. The van der Waals surface area contributed by atoms with Gasteiger partial charge in [-0.2, -0.15) is 0 Å². The first kappa shape index (κ1) is 12.3. The van der Waals surface area contributed by atoms with Gasteiger partial charge in [-0.15, -0.1) is 12.4 Å². The lowest BCUT2D eigenvalue weighted by atomic mass is 10.0. The van der Waals surface area contributed by atoms with E-state index in [1.807, 2.05) is 6.07 Å². The Morgan fingerprint density at radius 2 is 2.00 bits per heavy atom. The van der Waals surface area contributed by atoms with Crippen molar-refractivity contribution in [1.29, 1.82) is 0 Å². The number of benzene rings is 1. The quantitative estimate of drug-likeness (QED) is 0.837. The predicted octanol–water partition coefficient (Wildman–Crippen LogP) is 3.25. The van der Waals surface area contributed by atoms with Crippen molar-refractivity contribution in [3.63, 3.8) is 0 Å².